The van der Waals surface area contributed by atoms with Gasteiger partial charge in [0.1, 0.15) is 11.5 Å². The van der Waals surface area contributed by atoms with E-state index in [0.717, 1.165) is 11.3 Å². The molecular formula is C25H32Cl2N2O5S. The molecule has 35 heavy (non-hydrogen) atoms. The quantitative estimate of drug-likeness (QED) is 0.438. The summed E-state index contributed by atoms with van der Waals surface area (Å²) in [6.07, 6.45) is 1.38. The Morgan fingerprint density at radius 2 is 1.86 bits per heavy atom. The SMILES string of the molecule is CCS(=O)(=O)N1CCC(CNC(=O)c2ccc(Cl)c(Oc3ccc(OC)c(C(C)C)c3)c2Cl)CC1. The molecule has 1 saturated heterocycles. The van der Waals surface area contributed by atoms with Crippen molar-refractivity contribution in [1.82, 2.24) is 9.62 Å². The Labute approximate surface area is 217 Å². The van der Waals surface area contributed by atoms with E-state index in [9.17, 15) is 13.2 Å². The first-order valence-electron chi connectivity index (χ1n) is 11.7. The molecule has 2 aromatic rings. The molecule has 10 heteroatoms. The van der Waals surface area contributed by atoms with E-state index < -0.39 is 10.0 Å². The van der Waals surface area contributed by atoms with Crippen LogP contribution < -0.4 is 14.8 Å². The van der Waals surface area contributed by atoms with Gasteiger partial charge in [0.25, 0.3) is 5.91 Å². The van der Waals surface area contributed by atoms with Gasteiger partial charge in [-0.1, -0.05) is 37.0 Å². The average molecular weight is 544 g/mol. The van der Waals surface area contributed by atoms with Crippen LogP contribution in [0, 0.1) is 5.92 Å². The molecule has 1 aliphatic rings. The number of methoxy groups -OCH3 is 1. The molecule has 0 radical (unpaired) electrons. The number of ether oxygens (including phenoxy) is 2. The molecule has 0 aliphatic carbocycles. The maximum Gasteiger partial charge on any atom is 0.252 e. The number of sulfonamides is 1. The Kier molecular flexibility index (Phi) is 9.32. The highest BCUT2D eigenvalue weighted by atomic mass is 35.5. The van der Waals surface area contributed by atoms with E-state index in [1.54, 1.807) is 32.2 Å². The topological polar surface area (TPSA) is 84.9 Å². The molecule has 3 rings (SSSR count). The summed E-state index contributed by atoms with van der Waals surface area (Å²) in [6, 6.07) is 8.60. The highest BCUT2D eigenvalue weighted by molar-refractivity contribution is 7.89. The third kappa shape index (κ3) is 6.61. The van der Waals surface area contributed by atoms with Crippen LogP contribution >= 0.6 is 23.2 Å². The number of amides is 1. The van der Waals surface area contributed by atoms with Crippen LogP contribution in [0.5, 0.6) is 17.2 Å². The van der Waals surface area contributed by atoms with Crippen LogP contribution in [0.25, 0.3) is 0 Å². The molecule has 192 valence electrons. The summed E-state index contributed by atoms with van der Waals surface area (Å²) in [5.74, 6) is 1.67. The van der Waals surface area contributed by atoms with Gasteiger partial charge in [-0.2, -0.15) is 0 Å². The number of nitrogens with zero attached hydrogens (tertiary/aromatic N) is 1. The lowest BCUT2D eigenvalue weighted by Crippen LogP contribution is -2.42. The molecule has 0 atom stereocenters. The summed E-state index contributed by atoms with van der Waals surface area (Å²) in [5.41, 5.74) is 1.23. The van der Waals surface area contributed by atoms with Crippen LogP contribution in [0.15, 0.2) is 30.3 Å². The second-order valence-electron chi connectivity index (χ2n) is 8.85. The Balaban J connectivity index is 1.69. The zero-order valence-electron chi connectivity index (χ0n) is 20.4. The molecular weight excluding hydrogens is 511 g/mol. The zero-order chi connectivity index (χ0) is 25.8. The van der Waals surface area contributed by atoms with Crippen LogP contribution in [-0.4, -0.2) is 51.1 Å². The summed E-state index contributed by atoms with van der Waals surface area (Å²) >= 11 is 12.9. The summed E-state index contributed by atoms with van der Waals surface area (Å²) < 4.78 is 37.0. The van der Waals surface area contributed by atoms with Gasteiger partial charge < -0.3 is 14.8 Å². The van der Waals surface area contributed by atoms with Crippen LogP contribution in [0.3, 0.4) is 0 Å². The van der Waals surface area contributed by atoms with Crippen molar-refractivity contribution in [1.29, 1.82) is 0 Å². The smallest absolute Gasteiger partial charge is 0.252 e. The predicted octanol–water partition coefficient (Wildman–Crippen LogP) is 5.71. The van der Waals surface area contributed by atoms with E-state index in [2.05, 4.69) is 19.2 Å². The van der Waals surface area contributed by atoms with Crippen LogP contribution in [-0.2, 0) is 10.0 Å². The first-order chi connectivity index (χ1) is 16.6. The summed E-state index contributed by atoms with van der Waals surface area (Å²) in [6.45, 7) is 7.13. The monoisotopic (exact) mass is 542 g/mol. The number of benzene rings is 2. The third-order valence-electron chi connectivity index (χ3n) is 6.22. The Morgan fingerprint density at radius 1 is 1.17 bits per heavy atom. The van der Waals surface area contributed by atoms with Crippen molar-refractivity contribution < 1.29 is 22.7 Å². The number of carbonyl (C=O) groups excluding carboxylic acids is 1. The number of nitrogens with one attached hydrogen (secondary N) is 1. The lowest BCUT2D eigenvalue weighted by atomic mass is 9.98. The molecule has 1 amide bonds. The highest BCUT2D eigenvalue weighted by Crippen LogP contribution is 2.40. The van der Waals surface area contributed by atoms with Gasteiger partial charge in [-0.05, 0) is 61.9 Å². The zero-order valence-corrected chi connectivity index (χ0v) is 22.8. The molecule has 1 N–H and O–H groups in total. The number of hydrogen-bond acceptors (Lipinski definition) is 5. The standard InChI is InChI=1S/C25H32Cl2N2O5S/c1-5-35(31,32)29-12-10-17(11-13-29)15-28-25(30)19-7-8-21(26)24(23(19)27)34-18-6-9-22(33-4)20(14-18)16(2)3/h6-9,14,16-17H,5,10-13,15H2,1-4H3,(H,28,30). The van der Waals surface area contributed by atoms with Gasteiger partial charge in [0.05, 0.1) is 28.5 Å². The fourth-order valence-electron chi connectivity index (χ4n) is 4.05. The van der Waals surface area contributed by atoms with Crippen LogP contribution in [0.2, 0.25) is 10.0 Å². The van der Waals surface area contributed by atoms with Gasteiger partial charge in [-0.3, -0.25) is 4.79 Å². The second-order valence-corrected chi connectivity index (χ2v) is 11.9. The van der Waals surface area contributed by atoms with E-state index in [0.29, 0.717) is 38.2 Å². The number of hydrogen-bond donors (Lipinski definition) is 1. The Hall–Kier alpha value is -2.00. The van der Waals surface area contributed by atoms with Gasteiger partial charge in [0, 0.05) is 25.2 Å². The number of halogens is 2. The maximum absolute atomic E-state index is 12.9. The van der Waals surface area contributed by atoms with Gasteiger partial charge in [0.15, 0.2) is 5.75 Å². The van der Waals surface area contributed by atoms with Crippen molar-refractivity contribution in [3.63, 3.8) is 0 Å². The van der Waals surface area contributed by atoms with Gasteiger partial charge >= 0.3 is 0 Å². The van der Waals surface area contributed by atoms with Crippen molar-refractivity contribution in [2.45, 2.75) is 39.5 Å². The summed E-state index contributed by atoms with van der Waals surface area (Å²) in [7, 11) is -1.56. The van der Waals surface area contributed by atoms with Crippen LogP contribution in [0.4, 0.5) is 0 Å². The average Bonchev–Trinajstić information content (AvgIpc) is 2.85. The van der Waals surface area contributed by atoms with E-state index in [1.165, 1.54) is 4.31 Å². The van der Waals surface area contributed by atoms with E-state index >= 15 is 0 Å². The van der Waals surface area contributed by atoms with E-state index in [-0.39, 0.29) is 44.9 Å². The minimum atomic E-state index is -3.18. The number of rotatable bonds is 9. The number of piperidine rings is 1. The summed E-state index contributed by atoms with van der Waals surface area (Å²) in [5, 5.41) is 3.34. The number of carbonyl (C=O) groups is 1. The van der Waals surface area contributed by atoms with Crippen molar-refractivity contribution >= 4 is 39.1 Å². The first-order valence-corrected chi connectivity index (χ1v) is 14.0. The molecule has 2 aromatic carbocycles. The summed E-state index contributed by atoms with van der Waals surface area (Å²) in [4.78, 5) is 12.9. The van der Waals surface area contributed by atoms with Crippen molar-refractivity contribution in [2.24, 2.45) is 5.92 Å². The second kappa shape index (κ2) is 11.8. The van der Waals surface area contributed by atoms with Crippen molar-refractivity contribution in [3.8, 4) is 17.2 Å². The lowest BCUT2D eigenvalue weighted by Gasteiger charge is -2.31. The Bertz CT molecular complexity index is 1160. The molecule has 1 aliphatic heterocycles. The van der Waals surface area contributed by atoms with Gasteiger partial charge in [-0.15, -0.1) is 0 Å². The fraction of sp³-hybridized carbons (Fsp3) is 0.480. The normalized spacial score (nSPS) is 15.3. The maximum atomic E-state index is 12.9. The predicted molar refractivity (Wildman–Crippen MR) is 140 cm³/mol. The molecule has 0 bridgehead atoms. The lowest BCUT2D eigenvalue weighted by molar-refractivity contribution is 0.0941. The van der Waals surface area contributed by atoms with Crippen molar-refractivity contribution in [3.05, 3.63) is 51.5 Å². The molecule has 7 nitrogen and oxygen atoms in total. The minimum absolute atomic E-state index is 0.100. The van der Waals surface area contributed by atoms with E-state index in [1.807, 2.05) is 12.1 Å². The Morgan fingerprint density at radius 3 is 2.46 bits per heavy atom. The van der Waals surface area contributed by atoms with E-state index in [4.69, 9.17) is 32.7 Å². The minimum Gasteiger partial charge on any atom is -0.496 e. The van der Waals surface area contributed by atoms with Gasteiger partial charge in [0.2, 0.25) is 10.0 Å². The first kappa shape index (κ1) is 27.6. The van der Waals surface area contributed by atoms with Crippen LogP contribution in [0.1, 0.15) is 55.5 Å². The molecule has 0 unspecified atom stereocenters. The van der Waals surface area contributed by atoms with Gasteiger partial charge in [-0.25, -0.2) is 12.7 Å². The molecule has 1 fully saturated rings. The molecule has 1 heterocycles. The third-order valence-corrected chi connectivity index (χ3v) is 8.77. The highest BCUT2D eigenvalue weighted by Gasteiger charge is 2.27. The molecule has 0 spiro atoms. The van der Waals surface area contributed by atoms with Crippen molar-refractivity contribution in [2.75, 3.05) is 32.5 Å². The molecule has 0 saturated carbocycles. The fourth-order valence-corrected chi connectivity index (χ4v) is 5.72. The molecule has 0 aromatic heterocycles. The largest absolute Gasteiger partial charge is 0.496 e.